The highest BCUT2D eigenvalue weighted by atomic mass is 16.3. The Morgan fingerprint density at radius 3 is 2.25 bits per heavy atom. The summed E-state index contributed by atoms with van der Waals surface area (Å²) in [5, 5.41) is 10.7. The van der Waals surface area contributed by atoms with Gasteiger partial charge in [-0.05, 0) is 116 Å². The van der Waals surface area contributed by atoms with Crippen molar-refractivity contribution in [2.75, 3.05) is 0 Å². The Morgan fingerprint density at radius 1 is 0.906 bits per heavy atom. The molecule has 4 fully saturated rings. The number of carbonyl (C=O) groups excluding carboxylic acids is 1. The summed E-state index contributed by atoms with van der Waals surface area (Å²) in [7, 11) is 0. The van der Waals surface area contributed by atoms with Crippen LogP contribution >= 0.6 is 0 Å². The van der Waals surface area contributed by atoms with Crippen molar-refractivity contribution in [3.8, 4) is 0 Å². The van der Waals surface area contributed by atoms with Gasteiger partial charge in [0.2, 0.25) is 5.78 Å². The number of hydrogen-bond acceptors (Lipinski definition) is 2. The van der Waals surface area contributed by atoms with Gasteiger partial charge in [-0.1, -0.05) is 53.7 Å². The number of aliphatic hydroxyl groups excluding tert-OH is 1. The summed E-state index contributed by atoms with van der Waals surface area (Å²) in [5.74, 6) is 3.05. The molecule has 0 radical (unpaired) electrons. The van der Waals surface area contributed by atoms with Crippen LogP contribution in [0.1, 0.15) is 99.8 Å². The number of hydrogen-bond donors (Lipinski definition) is 1. The molecule has 0 unspecified atom stereocenters. The molecule has 5 rings (SSSR count). The minimum Gasteiger partial charge on any atom is -0.505 e. The molecule has 0 heterocycles. The number of Topliss-reactive ketones (excluding diaryl/α,β-unsaturated/α-hetero) is 1. The van der Waals surface area contributed by atoms with E-state index in [9.17, 15) is 9.90 Å². The third-order valence-corrected chi connectivity index (χ3v) is 12.8. The summed E-state index contributed by atoms with van der Waals surface area (Å²) in [4.78, 5) is 12.9. The predicted molar refractivity (Wildman–Crippen MR) is 131 cm³/mol. The predicted octanol–water partition coefficient (Wildman–Crippen LogP) is 7.89. The fourth-order valence-electron chi connectivity index (χ4n) is 11.0. The topological polar surface area (TPSA) is 37.3 Å². The maximum absolute atomic E-state index is 12.9. The molecular weight excluding hydrogens is 392 g/mol. The zero-order chi connectivity index (χ0) is 23.5. The van der Waals surface area contributed by atoms with Crippen molar-refractivity contribution in [3.05, 3.63) is 24.0 Å². The van der Waals surface area contributed by atoms with E-state index in [1.54, 1.807) is 0 Å². The van der Waals surface area contributed by atoms with Gasteiger partial charge in [-0.25, -0.2) is 0 Å². The van der Waals surface area contributed by atoms with Crippen molar-refractivity contribution in [1.82, 2.24) is 0 Å². The second-order valence-electron chi connectivity index (χ2n) is 14.3. The molecule has 32 heavy (non-hydrogen) atoms. The van der Waals surface area contributed by atoms with Crippen LogP contribution in [0.2, 0.25) is 0 Å². The molecule has 178 valence electrons. The fraction of sp³-hybridized carbons (Fsp3) is 0.833. The van der Waals surface area contributed by atoms with Crippen LogP contribution in [0.4, 0.5) is 0 Å². The second kappa shape index (κ2) is 6.54. The zero-order valence-electron chi connectivity index (χ0n) is 21.7. The number of carbonyl (C=O) groups is 1. The van der Waals surface area contributed by atoms with Gasteiger partial charge < -0.3 is 5.11 Å². The highest BCUT2D eigenvalue weighted by Gasteiger charge is 2.70. The van der Waals surface area contributed by atoms with Crippen LogP contribution in [0.3, 0.4) is 0 Å². The molecule has 2 heteroatoms. The molecule has 9 atom stereocenters. The van der Waals surface area contributed by atoms with Gasteiger partial charge in [-0.2, -0.15) is 0 Å². The number of aliphatic hydroxyl groups is 1. The van der Waals surface area contributed by atoms with E-state index < -0.39 is 5.41 Å². The van der Waals surface area contributed by atoms with Gasteiger partial charge in [0.15, 0.2) is 5.76 Å². The molecule has 5 aliphatic carbocycles. The van der Waals surface area contributed by atoms with Gasteiger partial charge in [-0.3, -0.25) is 4.79 Å². The summed E-state index contributed by atoms with van der Waals surface area (Å²) >= 11 is 0. The van der Waals surface area contributed by atoms with Crippen molar-refractivity contribution >= 4 is 5.78 Å². The lowest BCUT2D eigenvalue weighted by Crippen LogP contribution is -2.65. The van der Waals surface area contributed by atoms with E-state index in [4.69, 9.17) is 0 Å². The number of allylic oxidation sites excluding steroid dienone is 3. The monoisotopic (exact) mass is 438 g/mol. The number of rotatable bonds is 1. The lowest BCUT2D eigenvalue weighted by atomic mass is 9.33. The van der Waals surface area contributed by atoms with Gasteiger partial charge in [0.25, 0.3) is 0 Å². The summed E-state index contributed by atoms with van der Waals surface area (Å²) in [6, 6.07) is 0. The van der Waals surface area contributed by atoms with Crippen molar-refractivity contribution < 1.29 is 9.90 Å². The van der Waals surface area contributed by atoms with Crippen LogP contribution in [0.5, 0.6) is 0 Å². The molecule has 0 saturated heterocycles. The molecule has 0 aliphatic heterocycles. The third kappa shape index (κ3) is 2.51. The largest absolute Gasteiger partial charge is 0.505 e. The van der Waals surface area contributed by atoms with E-state index in [1.807, 2.05) is 6.08 Å². The first kappa shape index (κ1) is 22.7. The molecule has 5 aliphatic rings. The molecule has 0 aromatic carbocycles. The zero-order valence-corrected chi connectivity index (χ0v) is 21.7. The quantitative estimate of drug-likeness (QED) is 0.422. The SMILES string of the molecule is C=C(C)[C@@H]1CC[C@]2(C)CC[C@]3(C)[C@@H](CC[C@@H]4[C@@]5(C)C=C(O)C(=O)C(C)(C)[C@@H]5CC[C@]43C)[C@H]12. The van der Waals surface area contributed by atoms with E-state index in [2.05, 4.69) is 55.0 Å². The van der Waals surface area contributed by atoms with E-state index in [1.165, 1.54) is 50.5 Å². The molecule has 4 saturated carbocycles. The maximum Gasteiger partial charge on any atom is 0.202 e. The van der Waals surface area contributed by atoms with Gasteiger partial charge in [-0.15, -0.1) is 0 Å². The molecule has 2 nitrogen and oxygen atoms in total. The molecule has 0 spiro atoms. The number of fused-ring (bicyclic) bond motifs is 7. The van der Waals surface area contributed by atoms with E-state index in [-0.39, 0.29) is 22.4 Å². The Hall–Kier alpha value is -1.05. The first-order chi connectivity index (χ1) is 14.7. The van der Waals surface area contributed by atoms with Crippen molar-refractivity contribution in [3.63, 3.8) is 0 Å². The Bertz CT molecular complexity index is 897. The first-order valence-electron chi connectivity index (χ1n) is 13.3. The molecule has 0 bridgehead atoms. The molecule has 0 aromatic heterocycles. The highest BCUT2D eigenvalue weighted by molar-refractivity contribution is 5.98. The van der Waals surface area contributed by atoms with Crippen molar-refractivity contribution in [1.29, 1.82) is 0 Å². The lowest BCUT2D eigenvalue weighted by molar-refractivity contribution is -0.217. The van der Waals surface area contributed by atoms with Crippen LogP contribution in [0, 0.1) is 56.7 Å². The average molecular weight is 439 g/mol. The van der Waals surface area contributed by atoms with Crippen LogP contribution < -0.4 is 0 Å². The average Bonchev–Trinajstić information content (AvgIpc) is 3.05. The summed E-state index contributed by atoms with van der Waals surface area (Å²) in [6.07, 6.45) is 12.2. The molecule has 0 amide bonds. The van der Waals surface area contributed by atoms with Crippen LogP contribution in [0.25, 0.3) is 0 Å². The van der Waals surface area contributed by atoms with Crippen LogP contribution in [0.15, 0.2) is 24.0 Å². The summed E-state index contributed by atoms with van der Waals surface area (Å²) < 4.78 is 0. The second-order valence-corrected chi connectivity index (χ2v) is 14.3. The van der Waals surface area contributed by atoms with E-state index >= 15 is 0 Å². The summed E-state index contributed by atoms with van der Waals surface area (Å²) in [6.45, 7) is 21.1. The molecular formula is C30H46O2. The highest BCUT2D eigenvalue weighted by Crippen LogP contribution is 2.76. The van der Waals surface area contributed by atoms with Gasteiger partial charge >= 0.3 is 0 Å². The van der Waals surface area contributed by atoms with Crippen LogP contribution in [-0.2, 0) is 4.79 Å². The van der Waals surface area contributed by atoms with Gasteiger partial charge in [0.1, 0.15) is 0 Å². The standard InChI is InChI=1S/C30H46O2/c1-18(2)19-11-13-27(5)15-16-29(7)20(24(19)27)9-10-23-28(6)17-21(31)25(32)26(3,4)22(28)12-14-30(23,29)8/h17,19-20,22-24,31H,1,9-16H2,2-8H3/t19-,20-,22-,23+,24-,27+,28-,29+,30+/m0/s1. The van der Waals surface area contributed by atoms with Gasteiger partial charge in [0.05, 0.1) is 0 Å². The Balaban J connectivity index is 1.59. The molecule has 0 aromatic rings. The van der Waals surface area contributed by atoms with Crippen LogP contribution in [-0.4, -0.2) is 10.9 Å². The smallest absolute Gasteiger partial charge is 0.202 e. The lowest BCUT2D eigenvalue weighted by Gasteiger charge is -2.71. The fourth-order valence-corrected chi connectivity index (χ4v) is 11.0. The maximum atomic E-state index is 12.9. The van der Waals surface area contributed by atoms with E-state index in [0.29, 0.717) is 28.6 Å². The minimum absolute atomic E-state index is 0.0274. The summed E-state index contributed by atoms with van der Waals surface area (Å²) in [5.41, 5.74) is 1.88. The minimum atomic E-state index is -0.478. The Labute approximate surface area is 196 Å². The molecule has 1 N–H and O–H groups in total. The van der Waals surface area contributed by atoms with Crippen molar-refractivity contribution in [2.24, 2.45) is 56.7 Å². The number of ketones is 1. The first-order valence-corrected chi connectivity index (χ1v) is 13.3. The third-order valence-electron chi connectivity index (χ3n) is 12.8. The van der Waals surface area contributed by atoms with Crippen molar-refractivity contribution in [2.45, 2.75) is 99.8 Å². The Kier molecular flexibility index (Phi) is 4.65. The van der Waals surface area contributed by atoms with E-state index in [0.717, 1.165) is 18.3 Å². The normalized spacial score (nSPS) is 54.0. The Morgan fingerprint density at radius 2 is 1.59 bits per heavy atom. The van der Waals surface area contributed by atoms with Gasteiger partial charge in [0, 0.05) is 5.41 Å².